The second kappa shape index (κ2) is 11.1. The Morgan fingerprint density at radius 1 is 1.00 bits per heavy atom. The van der Waals surface area contributed by atoms with Gasteiger partial charge in [-0.1, -0.05) is 51.7 Å². The van der Waals surface area contributed by atoms with Crippen LogP contribution in [0.1, 0.15) is 70.4 Å². The van der Waals surface area contributed by atoms with Crippen LogP contribution in [0.15, 0.2) is 18.2 Å². The molecule has 22 heavy (non-hydrogen) atoms. The zero-order valence-corrected chi connectivity index (χ0v) is 14.5. The maximum absolute atomic E-state index is 11.8. The third-order valence-corrected chi connectivity index (χ3v) is 3.82. The minimum Gasteiger partial charge on any atom is -0.336 e. The maximum Gasteiger partial charge on any atom is 0.341 e. The van der Waals surface area contributed by atoms with Crippen molar-refractivity contribution >= 4 is 11.7 Å². The maximum atomic E-state index is 11.8. The van der Waals surface area contributed by atoms with Gasteiger partial charge in [-0.05, 0) is 49.8 Å². The van der Waals surface area contributed by atoms with Crippen LogP contribution >= 0.6 is 0 Å². The summed E-state index contributed by atoms with van der Waals surface area (Å²) in [5, 5.41) is 7.02. The molecule has 1 aromatic rings. The number of amides is 2. The highest BCUT2D eigenvalue weighted by atomic mass is 16.2. The number of aryl methyl sites for hydroxylation is 2. The van der Waals surface area contributed by atoms with E-state index in [4.69, 9.17) is 0 Å². The summed E-state index contributed by atoms with van der Waals surface area (Å²) in [5.41, 5.74) is 3.34. The fraction of sp³-hybridized carbons (Fsp3) is 0.632. The topological polar surface area (TPSA) is 43.2 Å². The summed E-state index contributed by atoms with van der Waals surface area (Å²) in [4.78, 5) is 11.8. The SMILES string of the molecule is CCCCCc1ccc(CCCCC)c([N]C(=O)NCC)c1. The van der Waals surface area contributed by atoms with Gasteiger partial charge in [0, 0.05) is 6.54 Å². The minimum atomic E-state index is -0.232. The number of unbranched alkanes of at least 4 members (excludes halogenated alkanes) is 4. The average molecular weight is 303 g/mol. The lowest BCUT2D eigenvalue weighted by atomic mass is 10.00. The number of rotatable bonds is 10. The van der Waals surface area contributed by atoms with Crippen LogP contribution < -0.4 is 10.6 Å². The number of nitrogens with one attached hydrogen (secondary N) is 1. The molecule has 0 saturated carbocycles. The van der Waals surface area contributed by atoms with Gasteiger partial charge in [-0.25, -0.2) is 4.79 Å². The van der Waals surface area contributed by atoms with Crippen molar-refractivity contribution in [2.45, 2.75) is 72.1 Å². The van der Waals surface area contributed by atoms with E-state index in [0.717, 1.165) is 24.9 Å². The number of hydrogen-bond donors (Lipinski definition) is 1. The van der Waals surface area contributed by atoms with Gasteiger partial charge < -0.3 is 5.32 Å². The highest BCUT2D eigenvalue weighted by Crippen LogP contribution is 2.22. The lowest BCUT2D eigenvalue weighted by molar-refractivity contribution is 0.244. The van der Waals surface area contributed by atoms with E-state index < -0.39 is 0 Å². The van der Waals surface area contributed by atoms with E-state index in [1.165, 1.54) is 43.2 Å². The first-order chi connectivity index (χ1) is 10.7. The summed E-state index contributed by atoms with van der Waals surface area (Å²) in [6, 6.07) is 6.24. The molecule has 0 aliphatic carbocycles. The Kier molecular flexibility index (Phi) is 9.36. The molecule has 2 amide bonds. The molecule has 0 heterocycles. The van der Waals surface area contributed by atoms with E-state index in [0.29, 0.717) is 6.54 Å². The predicted molar refractivity (Wildman–Crippen MR) is 93.8 cm³/mol. The van der Waals surface area contributed by atoms with E-state index in [1.54, 1.807) is 0 Å². The predicted octanol–water partition coefficient (Wildman–Crippen LogP) is 5.12. The second-order valence-corrected chi connectivity index (χ2v) is 5.82. The number of nitrogens with zero attached hydrogens (tertiary/aromatic N) is 1. The van der Waals surface area contributed by atoms with Gasteiger partial charge in [0.25, 0.3) is 0 Å². The van der Waals surface area contributed by atoms with E-state index in [1.807, 2.05) is 6.92 Å². The highest BCUT2D eigenvalue weighted by Gasteiger charge is 2.09. The van der Waals surface area contributed by atoms with Crippen molar-refractivity contribution in [1.82, 2.24) is 10.6 Å². The van der Waals surface area contributed by atoms with Crippen LogP contribution in [-0.4, -0.2) is 12.6 Å². The molecule has 3 nitrogen and oxygen atoms in total. The lowest BCUT2D eigenvalue weighted by Crippen LogP contribution is -2.28. The Morgan fingerprint density at radius 3 is 2.32 bits per heavy atom. The molecule has 3 heteroatoms. The zero-order valence-electron chi connectivity index (χ0n) is 14.5. The van der Waals surface area contributed by atoms with Crippen molar-refractivity contribution in [1.29, 1.82) is 0 Å². The average Bonchev–Trinajstić information content (AvgIpc) is 2.50. The van der Waals surface area contributed by atoms with Crippen LogP contribution in [0.3, 0.4) is 0 Å². The summed E-state index contributed by atoms with van der Waals surface area (Å²) in [6.45, 7) is 6.95. The van der Waals surface area contributed by atoms with Gasteiger partial charge in [-0.2, -0.15) is 5.32 Å². The van der Waals surface area contributed by atoms with Crippen molar-refractivity contribution in [3.05, 3.63) is 29.3 Å². The number of hydrogen-bond acceptors (Lipinski definition) is 1. The van der Waals surface area contributed by atoms with Crippen LogP contribution in [0.25, 0.3) is 0 Å². The van der Waals surface area contributed by atoms with E-state index in [-0.39, 0.29) is 6.03 Å². The number of carbonyl (C=O) groups is 1. The zero-order chi connectivity index (χ0) is 16.2. The van der Waals surface area contributed by atoms with Crippen LogP contribution in [0.5, 0.6) is 0 Å². The molecule has 1 rings (SSSR count). The third kappa shape index (κ3) is 6.97. The molecule has 1 aromatic carbocycles. The first-order valence-corrected chi connectivity index (χ1v) is 8.82. The molecule has 0 spiro atoms. The molecule has 0 bridgehead atoms. The van der Waals surface area contributed by atoms with E-state index in [2.05, 4.69) is 42.7 Å². The van der Waals surface area contributed by atoms with Gasteiger partial charge in [0.05, 0.1) is 5.69 Å². The molecule has 0 fully saturated rings. The molecular formula is C19H31N2O. The van der Waals surface area contributed by atoms with Gasteiger partial charge in [0.2, 0.25) is 0 Å². The fourth-order valence-electron chi connectivity index (χ4n) is 2.53. The Balaban J connectivity index is 2.77. The smallest absolute Gasteiger partial charge is 0.336 e. The Bertz CT molecular complexity index is 443. The molecule has 0 atom stereocenters. The van der Waals surface area contributed by atoms with Gasteiger partial charge in [0.1, 0.15) is 0 Å². The molecule has 0 saturated heterocycles. The summed E-state index contributed by atoms with van der Waals surface area (Å²) in [6.07, 6.45) is 9.33. The summed E-state index contributed by atoms with van der Waals surface area (Å²) >= 11 is 0. The number of carbonyl (C=O) groups excluding carboxylic acids is 1. The Hall–Kier alpha value is -1.51. The van der Waals surface area contributed by atoms with E-state index >= 15 is 0 Å². The molecule has 0 aliphatic rings. The minimum absolute atomic E-state index is 0.232. The molecule has 1 radical (unpaired) electrons. The largest absolute Gasteiger partial charge is 0.341 e. The highest BCUT2D eigenvalue weighted by molar-refractivity contribution is 5.79. The molecule has 0 unspecified atom stereocenters. The van der Waals surface area contributed by atoms with Gasteiger partial charge in [0.15, 0.2) is 0 Å². The first-order valence-electron chi connectivity index (χ1n) is 8.82. The normalized spacial score (nSPS) is 10.5. The third-order valence-electron chi connectivity index (χ3n) is 3.82. The molecular weight excluding hydrogens is 272 g/mol. The van der Waals surface area contributed by atoms with Crippen molar-refractivity contribution in [2.24, 2.45) is 0 Å². The van der Waals surface area contributed by atoms with Gasteiger partial charge in [-0.15, -0.1) is 0 Å². The van der Waals surface area contributed by atoms with Crippen molar-refractivity contribution in [2.75, 3.05) is 6.54 Å². The standard InChI is InChI=1S/C19H31N2O/c1-4-7-9-11-16-13-14-17(12-10-8-5-2)18(15-16)21-19(22)20-6-3/h13-15H,4-12H2,1-3H3,(H,20,22). The molecule has 0 aromatic heterocycles. The molecule has 123 valence electrons. The monoisotopic (exact) mass is 303 g/mol. The summed E-state index contributed by atoms with van der Waals surface area (Å²) in [7, 11) is 0. The Morgan fingerprint density at radius 2 is 1.68 bits per heavy atom. The molecule has 1 N–H and O–H groups in total. The Labute approximate surface area is 135 Å². The van der Waals surface area contributed by atoms with Crippen LogP contribution in [-0.2, 0) is 12.8 Å². The van der Waals surface area contributed by atoms with Crippen molar-refractivity contribution in [3.63, 3.8) is 0 Å². The number of benzene rings is 1. The quantitative estimate of drug-likeness (QED) is 0.599. The molecule has 0 aliphatic heterocycles. The van der Waals surface area contributed by atoms with Crippen LogP contribution in [0.4, 0.5) is 10.5 Å². The van der Waals surface area contributed by atoms with Crippen molar-refractivity contribution < 1.29 is 4.79 Å². The summed E-state index contributed by atoms with van der Waals surface area (Å²) in [5.74, 6) is 0. The van der Waals surface area contributed by atoms with Crippen LogP contribution in [0, 0.1) is 0 Å². The van der Waals surface area contributed by atoms with Crippen LogP contribution in [0.2, 0.25) is 0 Å². The first kappa shape index (κ1) is 18.5. The van der Waals surface area contributed by atoms with Crippen molar-refractivity contribution in [3.8, 4) is 0 Å². The lowest BCUT2D eigenvalue weighted by Gasteiger charge is -2.11. The van der Waals surface area contributed by atoms with Gasteiger partial charge in [-0.3, -0.25) is 0 Å². The summed E-state index contributed by atoms with van der Waals surface area (Å²) < 4.78 is 0. The van der Waals surface area contributed by atoms with E-state index in [9.17, 15) is 4.79 Å². The second-order valence-electron chi connectivity index (χ2n) is 5.82. The number of urea groups is 1. The van der Waals surface area contributed by atoms with Gasteiger partial charge >= 0.3 is 6.03 Å². The fourth-order valence-corrected chi connectivity index (χ4v) is 2.53.